The van der Waals surface area contributed by atoms with Crippen molar-refractivity contribution in [2.24, 2.45) is 5.92 Å². The molecule has 0 bridgehead atoms. The van der Waals surface area contributed by atoms with Crippen LogP contribution in [0.15, 0.2) is 0 Å². The number of hydrogen-bond acceptors (Lipinski definition) is 2. The normalized spacial score (nSPS) is 24.1. The molecule has 1 aliphatic rings. The molecule has 0 radical (unpaired) electrons. The first-order valence-electron chi connectivity index (χ1n) is 3.19. The lowest BCUT2D eigenvalue weighted by Gasteiger charge is -2.22. The standard InChI is InChI=1S/C6H10ClNO/c7-8-3-1-6(5-9)2-4-8/h5-6H,1-4H2. The van der Waals surface area contributed by atoms with Crippen LogP contribution in [0.25, 0.3) is 0 Å². The molecule has 3 heteroatoms. The van der Waals surface area contributed by atoms with Crippen LogP contribution in [0.5, 0.6) is 0 Å². The average molecular weight is 148 g/mol. The van der Waals surface area contributed by atoms with Gasteiger partial charge < -0.3 is 4.79 Å². The first-order chi connectivity index (χ1) is 4.33. The summed E-state index contributed by atoms with van der Waals surface area (Å²) in [7, 11) is 0. The third-order valence-corrected chi connectivity index (χ3v) is 2.02. The smallest absolute Gasteiger partial charge is 0.123 e. The summed E-state index contributed by atoms with van der Waals surface area (Å²) in [5.74, 6) is 0.264. The third-order valence-electron chi connectivity index (χ3n) is 1.68. The molecule has 1 fully saturated rings. The van der Waals surface area contributed by atoms with Crippen molar-refractivity contribution in [3.63, 3.8) is 0 Å². The Kier molecular flexibility index (Phi) is 2.49. The average Bonchev–Trinajstić information content (AvgIpc) is 1.90. The molecule has 1 heterocycles. The van der Waals surface area contributed by atoms with Crippen molar-refractivity contribution >= 4 is 18.1 Å². The Morgan fingerprint density at radius 1 is 1.44 bits per heavy atom. The molecule has 1 aliphatic heterocycles. The van der Waals surface area contributed by atoms with E-state index >= 15 is 0 Å². The first kappa shape index (κ1) is 7.03. The molecule has 1 rings (SSSR count). The van der Waals surface area contributed by atoms with E-state index in [1.165, 1.54) is 0 Å². The molecule has 1 saturated heterocycles. The summed E-state index contributed by atoms with van der Waals surface area (Å²) < 4.78 is 1.74. The highest BCUT2D eigenvalue weighted by molar-refractivity contribution is 6.13. The molecule has 0 spiro atoms. The van der Waals surface area contributed by atoms with Gasteiger partial charge in [0, 0.05) is 19.0 Å². The largest absolute Gasteiger partial charge is 0.303 e. The van der Waals surface area contributed by atoms with E-state index in [9.17, 15) is 4.79 Å². The van der Waals surface area contributed by atoms with E-state index < -0.39 is 0 Å². The molecular weight excluding hydrogens is 138 g/mol. The van der Waals surface area contributed by atoms with Crippen molar-refractivity contribution in [3.8, 4) is 0 Å². The fourth-order valence-electron chi connectivity index (χ4n) is 1.00. The molecule has 2 nitrogen and oxygen atoms in total. The van der Waals surface area contributed by atoms with Crippen LogP contribution >= 0.6 is 11.8 Å². The maximum atomic E-state index is 10.2. The predicted octanol–water partition coefficient (Wildman–Crippen LogP) is 1.05. The molecule has 0 amide bonds. The Hall–Kier alpha value is -0.0800. The zero-order chi connectivity index (χ0) is 6.69. The maximum absolute atomic E-state index is 10.2. The zero-order valence-corrected chi connectivity index (χ0v) is 5.97. The van der Waals surface area contributed by atoms with Gasteiger partial charge in [-0.15, -0.1) is 0 Å². The Morgan fingerprint density at radius 3 is 2.44 bits per heavy atom. The van der Waals surface area contributed by atoms with Gasteiger partial charge in [-0.05, 0) is 24.6 Å². The second kappa shape index (κ2) is 3.18. The van der Waals surface area contributed by atoms with E-state index in [0.29, 0.717) is 0 Å². The van der Waals surface area contributed by atoms with Crippen LogP contribution in [0.2, 0.25) is 0 Å². The van der Waals surface area contributed by atoms with Crippen molar-refractivity contribution in [3.05, 3.63) is 0 Å². The van der Waals surface area contributed by atoms with Crippen molar-refractivity contribution in [2.75, 3.05) is 13.1 Å². The van der Waals surface area contributed by atoms with E-state index in [0.717, 1.165) is 32.2 Å². The van der Waals surface area contributed by atoms with E-state index in [1.807, 2.05) is 0 Å². The highest BCUT2D eigenvalue weighted by Gasteiger charge is 2.16. The van der Waals surface area contributed by atoms with Crippen molar-refractivity contribution in [2.45, 2.75) is 12.8 Å². The summed E-state index contributed by atoms with van der Waals surface area (Å²) in [6.07, 6.45) is 2.88. The van der Waals surface area contributed by atoms with Crippen LogP contribution < -0.4 is 0 Å². The Morgan fingerprint density at radius 2 is 2.00 bits per heavy atom. The number of piperidine rings is 1. The Bertz CT molecular complexity index is 99.2. The minimum Gasteiger partial charge on any atom is -0.303 e. The monoisotopic (exact) mass is 147 g/mol. The molecule has 0 saturated carbocycles. The van der Waals surface area contributed by atoms with Gasteiger partial charge in [0.25, 0.3) is 0 Å². The quantitative estimate of drug-likeness (QED) is 0.408. The molecule has 0 aliphatic carbocycles. The number of hydrogen-bond donors (Lipinski definition) is 0. The SMILES string of the molecule is O=CC1CCN(Cl)CC1. The highest BCUT2D eigenvalue weighted by Crippen LogP contribution is 2.15. The number of rotatable bonds is 1. The number of nitrogens with zero attached hydrogens (tertiary/aromatic N) is 1. The molecule has 9 heavy (non-hydrogen) atoms. The molecule has 0 atom stereocenters. The second-order valence-electron chi connectivity index (χ2n) is 2.38. The fourth-order valence-corrected chi connectivity index (χ4v) is 1.20. The lowest BCUT2D eigenvalue weighted by Crippen LogP contribution is -2.26. The second-order valence-corrected chi connectivity index (χ2v) is 2.86. The molecule has 0 aromatic carbocycles. The zero-order valence-electron chi connectivity index (χ0n) is 5.22. The van der Waals surface area contributed by atoms with Crippen LogP contribution in [0, 0.1) is 5.92 Å². The van der Waals surface area contributed by atoms with Gasteiger partial charge in [0.05, 0.1) is 0 Å². The van der Waals surface area contributed by atoms with Gasteiger partial charge in [0.2, 0.25) is 0 Å². The number of aldehydes is 1. The molecular formula is C6H10ClNO. The number of carbonyl (C=O) groups is 1. The number of carbonyl (C=O) groups excluding carboxylic acids is 1. The van der Waals surface area contributed by atoms with E-state index in [1.54, 1.807) is 4.42 Å². The van der Waals surface area contributed by atoms with Crippen LogP contribution in [-0.4, -0.2) is 23.8 Å². The Labute approximate surface area is 59.9 Å². The van der Waals surface area contributed by atoms with E-state index in [4.69, 9.17) is 11.8 Å². The predicted molar refractivity (Wildman–Crippen MR) is 36.2 cm³/mol. The minimum atomic E-state index is 0.264. The molecule has 0 N–H and O–H groups in total. The van der Waals surface area contributed by atoms with Crippen LogP contribution in [0.1, 0.15) is 12.8 Å². The first-order valence-corrected chi connectivity index (χ1v) is 3.53. The summed E-state index contributed by atoms with van der Waals surface area (Å²) in [6, 6.07) is 0. The van der Waals surface area contributed by atoms with E-state index in [2.05, 4.69) is 0 Å². The van der Waals surface area contributed by atoms with Gasteiger partial charge in [-0.3, -0.25) is 0 Å². The molecule has 52 valence electrons. The highest BCUT2D eigenvalue weighted by atomic mass is 35.5. The van der Waals surface area contributed by atoms with Gasteiger partial charge in [-0.1, -0.05) is 0 Å². The fraction of sp³-hybridized carbons (Fsp3) is 0.833. The van der Waals surface area contributed by atoms with Crippen molar-refractivity contribution in [1.29, 1.82) is 0 Å². The summed E-state index contributed by atoms with van der Waals surface area (Å²) >= 11 is 5.66. The topological polar surface area (TPSA) is 20.3 Å². The maximum Gasteiger partial charge on any atom is 0.123 e. The van der Waals surface area contributed by atoms with Crippen molar-refractivity contribution in [1.82, 2.24) is 4.42 Å². The van der Waals surface area contributed by atoms with E-state index in [-0.39, 0.29) is 5.92 Å². The third kappa shape index (κ3) is 1.95. The summed E-state index contributed by atoms with van der Waals surface area (Å²) in [6.45, 7) is 1.70. The van der Waals surface area contributed by atoms with Crippen molar-refractivity contribution < 1.29 is 4.79 Å². The van der Waals surface area contributed by atoms with Gasteiger partial charge in [0.15, 0.2) is 0 Å². The summed E-state index contributed by atoms with van der Waals surface area (Å²) in [4.78, 5) is 10.2. The van der Waals surface area contributed by atoms with Gasteiger partial charge in [-0.25, -0.2) is 4.42 Å². The lowest BCUT2D eigenvalue weighted by molar-refractivity contribution is -0.112. The van der Waals surface area contributed by atoms with Gasteiger partial charge in [0.1, 0.15) is 6.29 Å². The molecule has 0 aromatic rings. The van der Waals surface area contributed by atoms with Gasteiger partial charge >= 0.3 is 0 Å². The van der Waals surface area contributed by atoms with Crippen LogP contribution in [-0.2, 0) is 4.79 Å². The Balaban J connectivity index is 2.26. The summed E-state index contributed by atoms with van der Waals surface area (Å²) in [5, 5.41) is 0. The lowest BCUT2D eigenvalue weighted by atomic mass is 10.0. The molecule has 0 unspecified atom stereocenters. The summed E-state index contributed by atoms with van der Waals surface area (Å²) in [5.41, 5.74) is 0. The minimum absolute atomic E-state index is 0.264. The van der Waals surface area contributed by atoms with Crippen LogP contribution in [0.3, 0.4) is 0 Å². The molecule has 0 aromatic heterocycles. The van der Waals surface area contributed by atoms with Gasteiger partial charge in [-0.2, -0.15) is 0 Å². The number of halogens is 1. The van der Waals surface area contributed by atoms with Crippen LogP contribution in [0.4, 0.5) is 0 Å².